The van der Waals surface area contributed by atoms with E-state index in [0.717, 1.165) is 12.1 Å². The molecule has 0 fully saturated rings. The maximum absolute atomic E-state index is 13.5. The highest BCUT2D eigenvalue weighted by Gasteiger charge is 2.23. The van der Waals surface area contributed by atoms with E-state index in [2.05, 4.69) is 15.0 Å². The lowest BCUT2D eigenvalue weighted by Crippen LogP contribution is -2.22. The van der Waals surface area contributed by atoms with Gasteiger partial charge in [0.25, 0.3) is 5.91 Å². The van der Waals surface area contributed by atoms with Gasteiger partial charge in [0.05, 0.1) is 18.4 Å². The van der Waals surface area contributed by atoms with Crippen molar-refractivity contribution >= 4 is 23.5 Å². The number of esters is 2. The largest absolute Gasteiger partial charge is 0.465 e. The van der Waals surface area contributed by atoms with Gasteiger partial charge in [-0.1, -0.05) is 0 Å². The third-order valence-corrected chi connectivity index (χ3v) is 3.57. The zero-order valence-corrected chi connectivity index (χ0v) is 14.2. The number of methoxy groups -OCH3 is 1. The predicted octanol–water partition coefficient (Wildman–Crippen LogP) is 2.49. The second kappa shape index (κ2) is 7.77. The van der Waals surface area contributed by atoms with E-state index >= 15 is 0 Å². The summed E-state index contributed by atoms with van der Waals surface area (Å²) in [7, 11) is 1.21. The monoisotopic (exact) mass is 366 g/mol. The molecule has 0 aliphatic rings. The summed E-state index contributed by atoms with van der Waals surface area (Å²) in [6.45, 7) is 2.42. The van der Waals surface area contributed by atoms with Crippen LogP contribution >= 0.6 is 0 Å². The number of aryl methyl sites for hydroxylation is 1. The van der Waals surface area contributed by atoms with Crippen molar-refractivity contribution in [3.63, 3.8) is 0 Å². The van der Waals surface area contributed by atoms with Gasteiger partial charge in [-0.25, -0.2) is 18.4 Å². The molecule has 2 N–H and O–H groups in total. The molecule has 138 valence electrons. The summed E-state index contributed by atoms with van der Waals surface area (Å²) in [5.41, 5.74) is 0.705. The van der Waals surface area contributed by atoms with Crippen molar-refractivity contribution < 1.29 is 32.6 Å². The van der Waals surface area contributed by atoms with E-state index in [9.17, 15) is 23.2 Å². The zero-order valence-electron chi connectivity index (χ0n) is 14.2. The van der Waals surface area contributed by atoms with Crippen molar-refractivity contribution in [1.82, 2.24) is 4.98 Å². The van der Waals surface area contributed by atoms with E-state index in [1.54, 1.807) is 6.92 Å². The van der Waals surface area contributed by atoms with Crippen LogP contribution in [0.3, 0.4) is 0 Å². The van der Waals surface area contributed by atoms with Gasteiger partial charge < -0.3 is 19.8 Å². The first-order valence-electron chi connectivity index (χ1n) is 7.44. The number of nitrogens with one attached hydrogen (secondary N) is 2. The number of aromatic amines is 1. The SMILES string of the molecule is COC(=O)c1c(C)[nH]c(C(=O)OCC(=O)Nc2ccc(F)cc2F)c1C. The molecule has 0 spiro atoms. The van der Waals surface area contributed by atoms with E-state index in [0.29, 0.717) is 17.3 Å². The third-order valence-electron chi connectivity index (χ3n) is 3.57. The lowest BCUT2D eigenvalue weighted by molar-refractivity contribution is -0.119. The second-order valence-corrected chi connectivity index (χ2v) is 5.37. The van der Waals surface area contributed by atoms with E-state index in [1.165, 1.54) is 14.0 Å². The average molecular weight is 366 g/mol. The number of benzene rings is 1. The maximum Gasteiger partial charge on any atom is 0.355 e. The van der Waals surface area contributed by atoms with Gasteiger partial charge in [0.1, 0.15) is 17.3 Å². The summed E-state index contributed by atoms with van der Waals surface area (Å²) in [5, 5.41) is 2.16. The molecule has 1 aromatic heterocycles. The van der Waals surface area contributed by atoms with Crippen molar-refractivity contribution in [3.8, 4) is 0 Å². The van der Waals surface area contributed by atoms with Crippen LogP contribution in [-0.4, -0.2) is 36.5 Å². The van der Waals surface area contributed by atoms with Crippen LogP contribution in [0.5, 0.6) is 0 Å². The lowest BCUT2D eigenvalue weighted by atomic mass is 10.1. The molecule has 26 heavy (non-hydrogen) atoms. The fourth-order valence-electron chi connectivity index (χ4n) is 2.34. The standard InChI is InChI=1S/C17H16F2N2O5/c1-8-14(16(23)25-3)9(2)20-15(8)17(24)26-7-13(22)21-12-5-4-10(18)6-11(12)19/h4-6,20H,7H2,1-3H3,(H,21,22). The van der Waals surface area contributed by atoms with Crippen molar-refractivity contribution in [3.05, 3.63) is 52.3 Å². The molecule has 1 heterocycles. The van der Waals surface area contributed by atoms with Crippen molar-refractivity contribution in [1.29, 1.82) is 0 Å². The molecule has 2 aromatic rings. The normalized spacial score (nSPS) is 10.3. The predicted molar refractivity (Wildman–Crippen MR) is 86.9 cm³/mol. The molecule has 0 atom stereocenters. The summed E-state index contributed by atoms with van der Waals surface area (Å²) >= 11 is 0. The van der Waals surface area contributed by atoms with Crippen LogP contribution in [0.4, 0.5) is 14.5 Å². The third kappa shape index (κ3) is 4.05. The van der Waals surface area contributed by atoms with Crippen LogP contribution in [0.15, 0.2) is 18.2 Å². The minimum Gasteiger partial charge on any atom is -0.465 e. The first-order chi connectivity index (χ1) is 12.2. The molecular formula is C17H16F2N2O5. The molecular weight excluding hydrogens is 350 g/mol. The Labute approximate surface area is 147 Å². The minimum atomic E-state index is -0.955. The maximum atomic E-state index is 13.5. The molecule has 9 heteroatoms. The molecule has 0 aliphatic heterocycles. The minimum absolute atomic E-state index is 0.00339. The molecule has 7 nitrogen and oxygen atoms in total. The number of ether oxygens (including phenoxy) is 2. The Hall–Kier alpha value is -3.23. The molecule has 0 unspecified atom stereocenters. The van der Waals surface area contributed by atoms with Crippen LogP contribution in [0.2, 0.25) is 0 Å². The molecule has 0 aliphatic carbocycles. The molecule has 1 aromatic carbocycles. The number of halogens is 2. The fourth-order valence-corrected chi connectivity index (χ4v) is 2.34. The molecule has 0 radical (unpaired) electrons. The summed E-state index contributed by atoms with van der Waals surface area (Å²) in [6.07, 6.45) is 0. The number of carbonyl (C=O) groups is 3. The van der Waals surface area contributed by atoms with Crippen molar-refractivity contribution in [2.45, 2.75) is 13.8 Å². The zero-order chi connectivity index (χ0) is 19.4. The highest BCUT2D eigenvalue weighted by molar-refractivity contribution is 5.99. The topological polar surface area (TPSA) is 97.5 Å². The Morgan fingerprint density at radius 2 is 1.85 bits per heavy atom. The highest BCUT2D eigenvalue weighted by atomic mass is 19.1. The molecule has 2 rings (SSSR count). The number of hydrogen-bond acceptors (Lipinski definition) is 5. The smallest absolute Gasteiger partial charge is 0.355 e. The molecule has 0 bridgehead atoms. The summed E-state index contributed by atoms with van der Waals surface area (Å²) < 4.78 is 35.8. The van der Waals surface area contributed by atoms with Gasteiger partial charge in [0, 0.05) is 11.8 Å². The first kappa shape index (κ1) is 19.1. The van der Waals surface area contributed by atoms with E-state index in [-0.39, 0.29) is 16.9 Å². The Balaban J connectivity index is 2.02. The van der Waals surface area contributed by atoms with Gasteiger partial charge in [-0.3, -0.25) is 4.79 Å². The van der Waals surface area contributed by atoms with E-state index < -0.39 is 36.1 Å². The Kier molecular flexibility index (Phi) is 5.71. The molecule has 1 amide bonds. The van der Waals surface area contributed by atoms with Crippen LogP contribution in [-0.2, 0) is 14.3 Å². The Morgan fingerprint density at radius 1 is 1.15 bits per heavy atom. The number of anilines is 1. The van der Waals surface area contributed by atoms with Crippen molar-refractivity contribution in [2.24, 2.45) is 0 Å². The van der Waals surface area contributed by atoms with Gasteiger partial charge in [-0.2, -0.15) is 0 Å². The Morgan fingerprint density at radius 3 is 2.46 bits per heavy atom. The molecule has 0 saturated carbocycles. The average Bonchev–Trinajstić information content (AvgIpc) is 2.89. The quantitative estimate of drug-likeness (QED) is 0.793. The number of rotatable bonds is 5. The van der Waals surface area contributed by atoms with Crippen LogP contribution < -0.4 is 5.32 Å². The second-order valence-electron chi connectivity index (χ2n) is 5.37. The van der Waals surface area contributed by atoms with Crippen molar-refractivity contribution in [2.75, 3.05) is 19.0 Å². The number of amides is 1. The molecule has 0 saturated heterocycles. The fraction of sp³-hybridized carbons (Fsp3) is 0.235. The van der Waals surface area contributed by atoms with Crippen LogP contribution in [0.1, 0.15) is 32.1 Å². The van der Waals surface area contributed by atoms with Gasteiger partial charge in [-0.05, 0) is 31.5 Å². The highest BCUT2D eigenvalue weighted by Crippen LogP contribution is 2.20. The number of aromatic nitrogens is 1. The lowest BCUT2D eigenvalue weighted by Gasteiger charge is -2.07. The van der Waals surface area contributed by atoms with Gasteiger partial charge in [0.15, 0.2) is 6.61 Å². The van der Waals surface area contributed by atoms with Gasteiger partial charge >= 0.3 is 11.9 Å². The van der Waals surface area contributed by atoms with Crippen LogP contribution in [0, 0.1) is 25.5 Å². The summed E-state index contributed by atoms with van der Waals surface area (Å²) in [5.74, 6) is -4.03. The number of H-pyrrole nitrogens is 1. The van der Waals surface area contributed by atoms with Gasteiger partial charge in [0.2, 0.25) is 0 Å². The summed E-state index contributed by atoms with van der Waals surface area (Å²) in [6, 6.07) is 2.64. The van der Waals surface area contributed by atoms with E-state index in [4.69, 9.17) is 4.74 Å². The van der Waals surface area contributed by atoms with E-state index in [1.807, 2.05) is 0 Å². The van der Waals surface area contributed by atoms with Crippen LogP contribution in [0.25, 0.3) is 0 Å². The number of carbonyl (C=O) groups excluding carboxylic acids is 3. The Bertz CT molecular complexity index is 876. The number of hydrogen-bond donors (Lipinski definition) is 2. The first-order valence-corrected chi connectivity index (χ1v) is 7.44. The van der Waals surface area contributed by atoms with Gasteiger partial charge in [-0.15, -0.1) is 0 Å². The summed E-state index contributed by atoms with van der Waals surface area (Å²) in [4.78, 5) is 38.3.